The van der Waals surface area contributed by atoms with Crippen molar-refractivity contribution in [3.05, 3.63) is 42.6 Å². The minimum absolute atomic E-state index is 0. The van der Waals surface area contributed by atoms with Crippen LogP contribution in [0.1, 0.15) is 25.7 Å². The smallest absolute Gasteiger partial charge is 0.224 e. The molecule has 0 spiro atoms. The molecule has 0 unspecified atom stereocenters. The number of hydrogen-bond donors (Lipinski definition) is 3. The van der Waals surface area contributed by atoms with Gasteiger partial charge < -0.3 is 15.6 Å². The van der Waals surface area contributed by atoms with Crippen LogP contribution < -0.4 is 10.6 Å². The summed E-state index contributed by atoms with van der Waals surface area (Å²) in [5.41, 5.74) is 3.35. The number of nitrogens with one attached hydrogen (secondary N) is 3. The average molecular weight is 386 g/mol. The molecule has 3 N–H and O–H groups in total. The Morgan fingerprint density at radius 1 is 1.19 bits per heavy atom. The molecule has 1 fully saturated rings. The largest absolute Gasteiger partial charge is 0.337 e. The lowest BCUT2D eigenvalue weighted by Gasteiger charge is -2.22. The first kappa shape index (κ1) is 19.3. The lowest BCUT2D eigenvalue weighted by molar-refractivity contribution is -0.116. The maximum absolute atomic E-state index is 12.3. The van der Waals surface area contributed by atoms with E-state index in [1.54, 1.807) is 6.20 Å². The van der Waals surface area contributed by atoms with E-state index in [-0.39, 0.29) is 18.3 Å². The van der Waals surface area contributed by atoms with Crippen LogP contribution in [0.3, 0.4) is 0 Å². The number of hydrogen-bond acceptors (Lipinski definition) is 4. The van der Waals surface area contributed by atoms with Crippen molar-refractivity contribution < 1.29 is 4.79 Å². The lowest BCUT2D eigenvalue weighted by Crippen LogP contribution is -2.28. The first-order chi connectivity index (χ1) is 12.8. The average Bonchev–Trinajstić information content (AvgIpc) is 3.11. The summed E-state index contributed by atoms with van der Waals surface area (Å²) < 4.78 is 0. The topological polar surface area (TPSA) is 82.7 Å². The molecule has 3 heterocycles. The summed E-state index contributed by atoms with van der Waals surface area (Å²) >= 11 is 0. The quantitative estimate of drug-likeness (QED) is 0.624. The van der Waals surface area contributed by atoms with E-state index in [9.17, 15) is 4.79 Å². The molecule has 4 rings (SSSR count). The Kier molecular flexibility index (Phi) is 6.42. The predicted molar refractivity (Wildman–Crippen MR) is 110 cm³/mol. The Hall–Kier alpha value is -2.44. The van der Waals surface area contributed by atoms with Gasteiger partial charge in [-0.05, 0) is 68.6 Å². The molecule has 0 radical (unpaired) electrons. The molecule has 7 heteroatoms. The molecule has 3 aromatic rings. The molecule has 27 heavy (non-hydrogen) atoms. The Morgan fingerprint density at radius 3 is 2.81 bits per heavy atom. The van der Waals surface area contributed by atoms with Gasteiger partial charge in [-0.3, -0.25) is 9.78 Å². The molecule has 6 nitrogen and oxygen atoms in total. The van der Waals surface area contributed by atoms with Crippen molar-refractivity contribution in [3.63, 3.8) is 0 Å². The number of anilines is 1. The van der Waals surface area contributed by atoms with Gasteiger partial charge in [0.1, 0.15) is 5.69 Å². The number of nitrogens with zero attached hydrogens (tertiary/aromatic N) is 2. The third kappa shape index (κ3) is 4.84. The van der Waals surface area contributed by atoms with Gasteiger partial charge in [0.25, 0.3) is 0 Å². The van der Waals surface area contributed by atoms with E-state index in [4.69, 9.17) is 0 Å². The lowest BCUT2D eigenvalue weighted by atomic mass is 9.93. The summed E-state index contributed by atoms with van der Waals surface area (Å²) in [4.78, 5) is 24.4. The number of pyridine rings is 1. The number of piperidine rings is 1. The van der Waals surface area contributed by atoms with Gasteiger partial charge in [-0.25, -0.2) is 4.98 Å². The number of rotatable bonds is 5. The molecule has 1 aliphatic heterocycles. The minimum Gasteiger partial charge on any atom is -0.337 e. The first-order valence-corrected chi connectivity index (χ1v) is 9.20. The van der Waals surface area contributed by atoms with Gasteiger partial charge >= 0.3 is 0 Å². The molecule has 0 bridgehead atoms. The number of H-pyrrole nitrogens is 1. The number of aromatic amines is 1. The maximum atomic E-state index is 12.3. The van der Waals surface area contributed by atoms with E-state index in [0.29, 0.717) is 12.3 Å². The second-order valence-electron chi connectivity index (χ2n) is 6.81. The van der Waals surface area contributed by atoms with Crippen molar-refractivity contribution in [2.45, 2.75) is 25.7 Å². The van der Waals surface area contributed by atoms with Crippen LogP contribution in [0, 0.1) is 5.92 Å². The molecule has 0 aliphatic carbocycles. The zero-order valence-electron chi connectivity index (χ0n) is 15.1. The SMILES string of the molecule is Cl.O=C(CCC1CCNCC1)Nc1ccc2nc(-c3ccccn3)[nH]c2c1. The van der Waals surface area contributed by atoms with E-state index >= 15 is 0 Å². The highest BCUT2D eigenvalue weighted by molar-refractivity contribution is 5.93. The molecule has 2 aromatic heterocycles. The number of aromatic nitrogens is 3. The normalized spacial score (nSPS) is 14.7. The van der Waals surface area contributed by atoms with E-state index < -0.39 is 0 Å². The van der Waals surface area contributed by atoms with Crippen molar-refractivity contribution in [1.82, 2.24) is 20.3 Å². The van der Waals surface area contributed by atoms with E-state index in [0.717, 1.165) is 47.7 Å². The monoisotopic (exact) mass is 385 g/mol. The number of halogens is 1. The second kappa shape index (κ2) is 8.97. The summed E-state index contributed by atoms with van der Waals surface area (Å²) in [6.07, 6.45) is 5.62. The fourth-order valence-electron chi connectivity index (χ4n) is 3.44. The molecule has 1 amide bonds. The highest BCUT2D eigenvalue weighted by Gasteiger charge is 2.15. The summed E-state index contributed by atoms with van der Waals surface area (Å²) in [5, 5.41) is 6.36. The van der Waals surface area contributed by atoms with Crippen LogP contribution in [-0.2, 0) is 4.79 Å². The van der Waals surface area contributed by atoms with Crippen LogP contribution in [0.5, 0.6) is 0 Å². The Labute approximate surface area is 164 Å². The van der Waals surface area contributed by atoms with Crippen LogP contribution in [0.2, 0.25) is 0 Å². The first-order valence-electron chi connectivity index (χ1n) is 9.20. The molecule has 1 saturated heterocycles. The molecule has 142 valence electrons. The third-order valence-corrected chi connectivity index (χ3v) is 4.91. The van der Waals surface area contributed by atoms with Crippen molar-refractivity contribution in [3.8, 4) is 11.5 Å². The van der Waals surface area contributed by atoms with E-state index in [1.807, 2.05) is 36.4 Å². The zero-order valence-corrected chi connectivity index (χ0v) is 15.9. The summed E-state index contributed by atoms with van der Waals surface area (Å²) in [5.74, 6) is 1.47. The maximum Gasteiger partial charge on any atom is 0.224 e. The van der Waals surface area contributed by atoms with Crippen LogP contribution >= 0.6 is 12.4 Å². The van der Waals surface area contributed by atoms with Crippen molar-refractivity contribution in [2.75, 3.05) is 18.4 Å². The van der Waals surface area contributed by atoms with Gasteiger partial charge in [-0.1, -0.05) is 6.07 Å². The second-order valence-corrected chi connectivity index (χ2v) is 6.81. The number of imidazole rings is 1. The van der Waals surface area contributed by atoms with Gasteiger partial charge in [0.15, 0.2) is 5.82 Å². The van der Waals surface area contributed by atoms with Gasteiger partial charge in [-0.2, -0.15) is 0 Å². The molecule has 1 aliphatic rings. The van der Waals surface area contributed by atoms with E-state index in [1.165, 1.54) is 12.8 Å². The molecule has 0 saturated carbocycles. The highest BCUT2D eigenvalue weighted by Crippen LogP contribution is 2.22. The Balaban J connectivity index is 0.00000210. The standard InChI is InChI=1S/C20H23N5O.ClH/c26-19(7-4-14-8-11-21-12-9-14)23-15-5-6-16-18(13-15)25-20(24-16)17-3-1-2-10-22-17;/h1-3,5-6,10,13-14,21H,4,7-9,11-12H2,(H,23,26)(H,24,25);1H. The predicted octanol–water partition coefficient (Wildman–Crippen LogP) is 3.77. The molecule has 0 atom stereocenters. The summed E-state index contributed by atoms with van der Waals surface area (Å²) in [6.45, 7) is 2.14. The highest BCUT2D eigenvalue weighted by atomic mass is 35.5. The third-order valence-electron chi connectivity index (χ3n) is 4.91. The fourth-order valence-corrected chi connectivity index (χ4v) is 3.44. The van der Waals surface area contributed by atoms with Crippen LogP contribution in [0.15, 0.2) is 42.6 Å². The molecular formula is C20H24ClN5O. The van der Waals surface area contributed by atoms with E-state index in [2.05, 4.69) is 25.6 Å². The van der Waals surface area contributed by atoms with Crippen molar-refractivity contribution in [1.29, 1.82) is 0 Å². The van der Waals surface area contributed by atoms with Crippen LogP contribution in [0.4, 0.5) is 5.69 Å². The Morgan fingerprint density at radius 2 is 2.04 bits per heavy atom. The van der Waals surface area contributed by atoms with Gasteiger partial charge in [0.2, 0.25) is 5.91 Å². The fraction of sp³-hybridized carbons (Fsp3) is 0.350. The van der Waals surface area contributed by atoms with Gasteiger partial charge in [0.05, 0.1) is 11.0 Å². The van der Waals surface area contributed by atoms with Gasteiger partial charge in [0, 0.05) is 18.3 Å². The number of amides is 1. The minimum atomic E-state index is 0. The van der Waals surface area contributed by atoms with Crippen LogP contribution in [-0.4, -0.2) is 33.9 Å². The number of benzene rings is 1. The zero-order chi connectivity index (χ0) is 17.8. The molecular weight excluding hydrogens is 362 g/mol. The summed E-state index contributed by atoms with van der Waals surface area (Å²) in [6, 6.07) is 11.5. The number of fused-ring (bicyclic) bond motifs is 1. The summed E-state index contributed by atoms with van der Waals surface area (Å²) in [7, 11) is 0. The van der Waals surface area contributed by atoms with Crippen molar-refractivity contribution >= 4 is 35.0 Å². The van der Waals surface area contributed by atoms with Crippen LogP contribution in [0.25, 0.3) is 22.6 Å². The number of carbonyl (C=O) groups excluding carboxylic acids is 1. The Bertz CT molecular complexity index is 890. The van der Waals surface area contributed by atoms with Gasteiger partial charge in [-0.15, -0.1) is 12.4 Å². The number of carbonyl (C=O) groups is 1. The van der Waals surface area contributed by atoms with Crippen molar-refractivity contribution in [2.24, 2.45) is 5.92 Å². The molecule has 1 aromatic carbocycles.